The number of anilines is 2. The summed E-state index contributed by atoms with van der Waals surface area (Å²) in [5, 5.41) is 14.4. The van der Waals surface area contributed by atoms with Gasteiger partial charge in [0.1, 0.15) is 0 Å². The molecule has 1 aromatic heterocycles. The van der Waals surface area contributed by atoms with Crippen LogP contribution in [0.2, 0.25) is 0 Å². The van der Waals surface area contributed by atoms with Crippen LogP contribution in [-0.4, -0.2) is 36.0 Å². The molecule has 1 N–H and O–H groups in total. The number of ether oxygens (including phenoxy) is 1. The molecule has 2 heterocycles. The Labute approximate surface area is 176 Å². The zero-order valence-electron chi connectivity index (χ0n) is 17.8. The fraction of sp³-hybridized carbons (Fsp3) is 0.455. The summed E-state index contributed by atoms with van der Waals surface area (Å²) in [5.74, 6) is 0.449. The molecule has 0 bridgehead atoms. The summed E-state index contributed by atoms with van der Waals surface area (Å²) in [6, 6.07) is 10.8. The average Bonchev–Trinajstić information content (AvgIpc) is 2.73. The third kappa shape index (κ3) is 4.87. The van der Waals surface area contributed by atoms with Crippen molar-refractivity contribution in [1.82, 2.24) is 4.98 Å². The smallest absolute Gasteiger partial charge is 0.311 e. The number of nitrogens with zero attached hydrogens (tertiary/aromatic N) is 3. The molecular formula is C22H28N4O4. The van der Waals surface area contributed by atoms with E-state index >= 15 is 0 Å². The van der Waals surface area contributed by atoms with E-state index in [1.807, 2.05) is 29.2 Å². The van der Waals surface area contributed by atoms with Crippen LogP contribution in [0.3, 0.4) is 0 Å². The summed E-state index contributed by atoms with van der Waals surface area (Å²) >= 11 is 0. The number of carbonyl (C=O) groups excluding carboxylic acids is 1. The van der Waals surface area contributed by atoms with Crippen molar-refractivity contribution in [2.45, 2.75) is 39.0 Å². The van der Waals surface area contributed by atoms with Gasteiger partial charge in [-0.3, -0.25) is 14.9 Å². The lowest BCUT2D eigenvalue weighted by molar-refractivity contribution is -0.384. The third-order valence-corrected chi connectivity index (χ3v) is 5.42. The quantitative estimate of drug-likeness (QED) is 0.585. The molecule has 0 radical (unpaired) electrons. The maximum absolute atomic E-state index is 12.7. The summed E-state index contributed by atoms with van der Waals surface area (Å²) in [7, 11) is 1.47. The van der Waals surface area contributed by atoms with Gasteiger partial charge in [-0.25, -0.2) is 0 Å². The molecule has 1 saturated heterocycles. The molecule has 1 aromatic carbocycles. The van der Waals surface area contributed by atoms with Gasteiger partial charge in [0.15, 0.2) is 0 Å². The molecule has 2 aromatic rings. The van der Waals surface area contributed by atoms with Gasteiger partial charge in [-0.2, -0.15) is 4.98 Å². The highest BCUT2D eigenvalue weighted by atomic mass is 16.6. The standard InChI is InChI=1S/C22H28N4O4/c1-22(2,3)16-5-7-17(8-6-16)23-21(27)15-11-13-25(14-12-15)20-18(26(28)29)9-10-19(24-20)30-4/h5-10,15H,11-14H2,1-4H3,(H,23,27). The molecule has 8 nitrogen and oxygen atoms in total. The van der Waals surface area contributed by atoms with Crippen LogP contribution in [0.4, 0.5) is 17.2 Å². The van der Waals surface area contributed by atoms with Crippen LogP contribution >= 0.6 is 0 Å². The fourth-order valence-corrected chi connectivity index (χ4v) is 3.56. The molecule has 160 valence electrons. The van der Waals surface area contributed by atoms with Crippen molar-refractivity contribution >= 4 is 23.1 Å². The molecule has 0 spiro atoms. The first kappa shape index (κ1) is 21.5. The first-order valence-electron chi connectivity index (χ1n) is 10.0. The lowest BCUT2D eigenvalue weighted by Crippen LogP contribution is -2.38. The maximum Gasteiger partial charge on any atom is 0.311 e. The van der Waals surface area contributed by atoms with E-state index in [0.717, 1.165) is 5.69 Å². The van der Waals surface area contributed by atoms with Crippen LogP contribution in [0.5, 0.6) is 5.88 Å². The van der Waals surface area contributed by atoms with Crippen molar-refractivity contribution in [3.63, 3.8) is 0 Å². The van der Waals surface area contributed by atoms with Crippen LogP contribution in [0.1, 0.15) is 39.2 Å². The Bertz CT molecular complexity index is 914. The number of methoxy groups -OCH3 is 1. The largest absolute Gasteiger partial charge is 0.481 e. The van der Waals surface area contributed by atoms with Crippen molar-refractivity contribution in [3.8, 4) is 5.88 Å². The Morgan fingerprint density at radius 3 is 2.33 bits per heavy atom. The molecular weight excluding hydrogens is 384 g/mol. The molecule has 0 atom stereocenters. The van der Waals surface area contributed by atoms with Gasteiger partial charge in [-0.05, 0) is 36.0 Å². The SMILES string of the molecule is COc1ccc([N+](=O)[O-])c(N2CCC(C(=O)Nc3ccc(C(C)(C)C)cc3)CC2)n1. The van der Waals surface area contributed by atoms with Crippen LogP contribution < -0.4 is 15.0 Å². The molecule has 0 unspecified atom stereocenters. The predicted molar refractivity (Wildman–Crippen MR) is 116 cm³/mol. The van der Waals surface area contributed by atoms with Crippen molar-refractivity contribution in [1.29, 1.82) is 0 Å². The van der Waals surface area contributed by atoms with Crippen molar-refractivity contribution in [3.05, 3.63) is 52.1 Å². The van der Waals surface area contributed by atoms with E-state index in [4.69, 9.17) is 4.74 Å². The third-order valence-electron chi connectivity index (χ3n) is 5.42. The highest BCUT2D eigenvalue weighted by Gasteiger charge is 2.29. The molecule has 3 rings (SSSR count). The second-order valence-electron chi connectivity index (χ2n) is 8.53. The van der Waals surface area contributed by atoms with E-state index in [2.05, 4.69) is 31.1 Å². The Hall–Kier alpha value is -3.16. The van der Waals surface area contributed by atoms with Gasteiger partial charge >= 0.3 is 5.69 Å². The van der Waals surface area contributed by atoms with Crippen molar-refractivity contribution < 1.29 is 14.5 Å². The summed E-state index contributed by atoms with van der Waals surface area (Å²) in [5.41, 5.74) is 1.99. The Morgan fingerprint density at radius 1 is 1.17 bits per heavy atom. The molecule has 1 fully saturated rings. The monoisotopic (exact) mass is 412 g/mol. The minimum absolute atomic E-state index is 0.0220. The number of benzene rings is 1. The van der Waals surface area contributed by atoms with Gasteiger partial charge in [0.2, 0.25) is 17.6 Å². The van der Waals surface area contributed by atoms with E-state index in [9.17, 15) is 14.9 Å². The van der Waals surface area contributed by atoms with E-state index in [1.54, 1.807) is 0 Å². The number of hydrogen-bond donors (Lipinski definition) is 1. The number of aromatic nitrogens is 1. The zero-order valence-corrected chi connectivity index (χ0v) is 17.8. The highest BCUT2D eigenvalue weighted by Crippen LogP contribution is 2.32. The van der Waals surface area contributed by atoms with Gasteiger partial charge in [0, 0.05) is 36.8 Å². The second kappa shape index (κ2) is 8.69. The predicted octanol–water partition coefficient (Wildman–Crippen LogP) is 4.15. The van der Waals surface area contributed by atoms with E-state index < -0.39 is 4.92 Å². The van der Waals surface area contributed by atoms with Crippen LogP contribution in [0.15, 0.2) is 36.4 Å². The molecule has 1 amide bonds. The molecule has 0 aliphatic carbocycles. The number of carbonyl (C=O) groups is 1. The van der Waals surface area contributed by atoms with Gasteiger partial charge in [0.05, 0.1) is 12.0 Å². The molecule has 0 saturated carbocycles. The lowest BCUT2D eigenvalue weighted by atomic mass is 9.87. The number of pyridine rings is 1. The van der Waals surface area contributed by atoms with Gasteiger partial charge in [-0.1, -0.05) is 32.9 Å². The maximum atomic E-state index is 12.7. The fourth-order valence-electron chi connectivity index (χ4n) is 3.56. The number of nitro groups is 1. The Balaban J connectivity index is 1.63. The summed E-state index contributed by atoms with van der Waals surface area (Å²) in [4.78, 5) is 29.7. The van der Waals surface area contributed by atoms with Crippen molar-refractivity contribution in [2.24, 2.45) is 5.92 Å². The minimum atomic E-state index is -0.443. The summed E-state index contributed by atoms with van der Waals surface area (Å²) in [6.45, 7) is 7.48. The molecule has 1 aliphatic rings. The molecule has 1 aliphatic heterocycles. The number of amides is 1. The topological polar surface area (TPSA) is 97.6 Å². The second-order valence-corrected chi connectivity index (χ2v) is 8.53. The number of piperidine rings is 1. The van der Waals surface area contributed by atoms with Gasteiger partial charge < -0.3 is 15.0 Å². The minimum Gasteiger partial charge on any atom is -0.481 e. The van der Waals surface area contributed by atoms with Crippen LogP contribution in [-0.2, 0) is 10.2 Å². The van der Waals surface area contributed by atoms with Crippen molar-refractivity contribution in [2.75, 3.05) is 30.4 Å². The van der Waals surface area contributed by atoms with E-state index in [0.29, 0.717) is 31.8 Å². The van der Waals surface area contributed by atoms with Gasteiger partial charge in [0.25, 0.3) is 0 Å². The normalized spacial score (nSPS) is 15.0. The molecule has 8 heteroatoms. The summed E-state index contributed by atoms with van der Waals surface area (Å²) in [6.07, 6.45) is 1.20. The van der Waals surface area contributed by atoms with Crippen LogP contribution in [0, 0.1) is 16.0 Å². The highest BCUT2D eigenvalue weighted by molar-refractivity contribution is 5.92. The Kier molecular flexibility index (Phi) is 6.24. The lowest BCUT2D eigenvalue weighted by Gasteiger charge is -2.31. The van der Waals surface area contributed by atoms with E-state index in [1.165, 1.54) is 24.8 Å². The average molecular weight is 412 g/mol. The van der Waals surface area contributed by atoms with E-state index in [-0.39, 0.29) is 28.7 Å². The number of nitrogens with one attached hydrogen (secondary N) is 1. The van der Waals surface area contributed by atoms with Gasteiger partial charge in [-0.15, -0.1) is 0 Å². The Morgan fingerprint density at radius 2 is 1.80 bits per heavy atom. The summed E-state index contributed by atoms with van der Waals surface area (Å²) < 4.78 is 5.11. The molecule has 30 heavy (non-hydrogen) atoms. The van der Waals surface area contributed by atoms with Crippen LogP contribution in [0.25, 0.3) is 0 Å². The number of hydrogen-bond acceptors (Lipinski definition) is 6. The zero-order chi connectivity index (χ0) is 21.9. The first-order chi connectivity index (χ1) is 14.2. The first-order valence-corrected chi connectivity index (χ1v) is 10.0. The number of rotatable bonds is 5.